The highest BCUT2D eigenvalue weighted by Gasteiger charge is 2.37. The van der Waals surface area contributed by atoms with Gasteiger partial charge in [-0.2, -0.15) is 13.2 Å². The first-order chi connectivity index (χ1) is 14.6. The predicted molar refractivity (Wildman–Crippen MR) is 115 cm³/mol. The number of hydrogen-bond donors (Lipinski definition) is 2. The van der Waals surface area contributed by atoms with Gasteiger partial charge in [-0.25, -0.2) is 4.98 Å². The van der Waals surface area contributed by atoms with Crippen molar-refractivity contribution in [2.75, 3.05) is 5.32 Å². The molecule has 1 unspecified atom stereocenters. The van der Waals surface area contributed by atoms with Crippen LogP contribution in [0.2, 0.25) is 0 Å². The topological polar surface area (TPSA) is 67.2 Å². The second-order valence-corrected chi connectivity index (χ2v) is 8.99. The van der Waals surface area contributed by atoms with Crippen molar-refractivity contribution in [2.45, 2.75) is 50.4 Å². The minimum absolute atomic E-state index is 0.0367. The third kappa shape index (κ3) is 4.34. The highest BCUT2D eigenvalue weighted by atomic mass is 79.9. The number of anilines is 1. The second kappa shape index (κ2) is 7.94. The van der Waals surface area contributed by atoms with Crippen molar-refractivity contribution < 1.29 is 23.1 Å². The third-order valence-corrected chi connectivity index (χ3v) is 6.11. The Hall–Kier alpha value is -2.39. The Morgan fingerprint density at radius 1 is 1.26 bits per heavy atom. The summed E-state index contributed by atoms with van der Waals surface area (Å²) in [4.78, 5) is 16.9. The molecule has 31 heavy (non-hydrogen) atoms. The number of nitrogens with zero attached hydrogens (tertiary/aromatic N) is 2. The van der Waals surface area contributed by atoms with Gasteiger partial charge >= 0.3 is 6.18 Å². The molecule has 2 N–H and O–H groups in total. The highest BCUT2D eigenvalue weighted by Crippen LogP contribution is 2.42. The monoisotopic (exact) mass is 495 g/mol. The second-order valence-electron chi connectivity index (χ2n) is 8.07. The van der Waals surface area contributed by atoms with E-state index in [2.05, 4.69) is 26.2 Å². The summed E-state index contributed by atoms with van der Waals surface area (Å²) < 4.78 is 42.8. The lowest BCUT2D eigenvalue weighted by atomic mass is 9.92. The molecule has 9 heteroatoms. The standard InChI is InChI=1S/C22H21BrF3N3O2/c1-21(31,13-6-3-2-4-7-13)12-18(30)27-20-28-19-16(22(24,25)26)10-14(23)11-17(19)29(20)15-8-5-9-15/h2-4,6-7,10-11,15,31H,5,8-9,12H2,1H3,(H,27,28,30). The molecule has 0 bridgehead atoms. The van der Waals surface area contributed by atoms with Crippen LogP contribution >= 0.6 is 15.9 Å². The van der Waals surface area contributed by atoms with Crippen molar-refractivity contribution in [2.24, 2.45) is 0 Å². The summed E-state index contributed by atoms with van der Waals surface area (Å²) in [5, 5.41) is 13.4. The molecule has 1 saturated carbocycles. The number of aromatic nitrogens is 2. The number of amides is 1. The molecule has 0 spiro atoms. The number of carbonyl (C=O) groups is 1. The lowest BCUT2D eigenvalue weighted by Gasteiger charge is -2.29. The van der Waals surface area contributed by atoms with Crippen molar-refractivity contribution >= 4 is 38.8 Å². The van der Waals surface area contributed by atoms with Crippen LogP contribution in [0.3, 0.4) is 0 Å². The minimum Gasteiger partial charge on any atom is -0.385 e. The first-order valence-electron chi connectivity index (χ1n) is 9.93. The molecule has 0 aliphatic heterocycles. The molecule has 0 radical (unpaired) electrons. The van der Waals surface area contributed by atoms with Gasteiger partial charge in [-0.15, -0.1) is 0 Å². The summed E-state index contributed by atoms with van der Waals surface area (Å²) in [7, 11) is 0. The van der Waals surface area contributed by atoms with Gasteiger partial charge in [-0.1, -0.05) is 46.3 Å². The van der Waals surface area contributed by atoms with Crippen LogP contribution < -0.4 is 5.32 Å². The molecule has 1 aromatic heterocycles. The first kappa shape index (κ1) is 21.8. The van der Waals surface area contributed by atoms with Gasteiger partial charge in [0, 0.05) is 10.5 Å². The Bertz CT molecular complexity index is 1120. The Labute approximate surface area is 185 Å². The number of benzene rings is 2. The number of halogens is 4. The van der Waals surface area contributed by atoms with Gasteiger partial charge in [0.25, 0.3) is 0 Å². The van der Waals surface area contributed by atoms with Crippen LogP contribution in [0.15, 0.2) is 46.9 Å². The van der Waals surface area contributed by atoms with Gasteiger partial charge in [0.15, 0.2) is 0 Å². The number of imidazole rings is 1. The lowest BCUT2D eigenvalue weighted by molar-refractivity contribution is -0.136. The van der Waals surface area contributed by atoms with E-state index in [0.29, 0.717) is 11.1 Å². The summed E-state index contributed by atoms with van der Waals surface area (Å²) in [5.74, 6) is -0.463. The van der Waals surface area contributed by atoms with Crippen molar-refractivity contribution in [1.82, 2.24) is 9.55 Å². The number of alkyl halides is 3. The molecule has 1 fully saturated rings. The van der Waals surface area contributed by atoms with Gasteiger partial charge in [-0.3, -0.25) is 10.1 Å². The first-order valence-corrected chi connectivity index (χ1v) is 10.7. The van der Waals surface area contributed by atoms with E-state index in [4.69, 9.17) is 0 Å². The van der Waals surface area contributed by atoms with E-state index in [0.717, 1.165) is 25.3 Å². The molecule has 1 atom stereocenters. The number of aliphatic hydroxyl groups is 1. The molecule has 1 amide bonds. The van der Waals surface area contributed by atoms with Gasteiger partial charge in [0.2, 0.25) is 11.9 Å². The molecule has 3 aromatic rings. The average Bonchev–Trinajstić information content (AvgIpc) is 2.97. The van der Waals surface area contributed by atoms with Crippen LogP contribution in [0.25, 0.3) is 11.0 Å². The summed E-state index contributed by atoms with van der Waals surface area (Å²) in [5.41, 5.74) is -1.61. The zero-order valence-corrected chi connectivity index (χ0v) is 18.3. The fourth-order valence-corrected chi connectivity index (χ4v) is 4.31. The van der Waals surface area contributed by atoms with Crippen LogP contribution in [0.5, 0.6) is 0 Å². The van der Waals surface area contributed by atoms with Gasteiger partial charge in [-0.05, 0) is 43.9 Å². The van der Waals surface area contributed by atoms with Crippen LogP contribution in [0.1, 0.15) is 49.8 Å². The number of fused-ring (bicyclic) bond motifs is 1. The molecule has 5 nitrogen and oxygen atoms in total. The number of nitrogens with one attached hydrogen (secondary N) is 1. The van der Waals surface area contributed by atoms with Crippen LogP contribution in [-0.2, 0) is 16.6 Å². The molecule has 4 rings (SSSR count). The van der Waals surface area contributed by atoms with E-state index in [1.54, 1.807) is 41.0 Å². The van der Waals surface area contributed by atoms with Gasteiger partial charge in [0.1, 0.15) is 5.52 Å². The van der Waals surface area contributed by atoms with E-state index >= 15 is 0 Å². The van der Waals surface area contributed by atoms with E-state index in [1.165, 1.54) is 6.92 Å². The average molecular weight is 496 g/mol. The Morgan fingerprint density at radius 2 is 1.94 bits per heavy atom. The number of hydrogen-bond acceptors (Lipinski definition) is 3. The van der Waals surface area contributed by atoms with Crippen molar-refractivity contribution in [3.05, 3.63) is 58.1 Å². The van der Waals surface area contributed by atoms with Crippen LogP contribution in [0, 0.1) is 0 Å². The molecular weight excluding hydrogens is 475 g/mol. The zero-order chi connectivity index (χ0) is 22.4. The van der Waals surface area contributed by atoms with Gasteiger partial charge < -0.3 is 9.67 Å². The quantitative estimate of drug-likeness (QED) is 0.471. The summed E-state index contributed by atoms with van der Waals surface area (Å²) in [6, 6.07) is 11.3. The number of rotatable bonds is 5. The maximum Gasteiger partial charge on any atom is 0.418 e. The van der Waals surface area contributed by atoms with E-state index < -0.39 is 23.2 Å². The largest absolute Gasteiger partial charge is 0.418 e. The zero-order valence-electron chi connectivity index (χ0n) is 16.7. The van der Waals surface area contributed by atoms with Crippen LogP contribution in [-0.4, -0.2) is 20.6 Å². The molecule has 2 aromatic carbocycles. The third-order valence-electron chi connectivity index (χ3n) is 5.66. The maximum atomic E-state index is 13.6. The number of carbonyl (C=O) groups excluding carboxylic acids is 1. The molecule has 1 aliphatic carbocycles. The lowest BCUT2D eigenvalue weighted by Crippen LogP contribution is -2.30. The highest BCUT2D eigenvalue weighted by molar-refractivity contribution is 9.10. The fraction of sp³-hybridized carbons (Fsp3) is 0.364. The molecule has 1 heterocycles. The Balaban J connectivity index is 1.71. The van der Waals surface area contributed by atoms with Crippen molar-refractivity contribution in [3.63, 3.8) is 0 Å². The van der Waals surface area contributed by atoms with Crippen LogP contribution in [0.4, 0.5) is 19.1 Å². The van der Waals surface area contributed by atoms with E-state index in [-0.39, 0.29) is 28.4 Å². The SMILES string of the molecule is CC(O)(CC(=O)Nc1nc2c(C(F)(F)F)cc(Br)cc2n1C1CCC1)c1ccccc1. The maximum absolute atomic E-state index is 13.6. The van der Waals surface area contributed by atoms with Crippen molar-refractivity contribution in [1.29, 1.82) is 0 Å². The smallest absolute Gasteiger partial charge is 0.385 e. The Kier molecular flexibility index (Phi) is 5.59. The molecule has 164 valence electrons. The molecule has 0 saturated heterocycles. The van der Waals surface area contributed by atoms with E-state index in [1.807, 2.05) is 0 Å². The van der Waals surface area contributed by atoms with Crippen molar-refractivity contribution in [3.8, 4) is 0 Å². The van der Waals surface area contributed by atoms with Gasteiger partial charge in [0.05, 0.1) is 23.1 Å². The minimum atomic E-state index is -4.58. The van der Waals surface area contributed by atoms with E-state index in [9.17, 15) is 23.1 Å². The normalized spacial score (nSPS) is 16.7. The predicted octanol–water partition coefficient (Wildman–Crippen LogP) is 5.78. The summed E-state index contributed by atoms with van der Waals surface area (Å²) in [6.07, 6.45) is -2.30. The summed E-state index contributed by atoms with van der Waals surface area (Å²) in [6.45, 7) is 1.52. The Morgan fingerprint density at radius 3 is 2.52 bits per heavy atom. The summed E-state index contributed by atoms with van der Waals surface area (Å²) >= 11 is 3.16. The fourth-order valence-electron chi connectivity index (χ4n) is 3.86. The molecular formula is C22H21BrF3N3O2. The molecule has 1 aliphatic rings.